The van der Waals surface area contributed by atoms with Gasteiger partial charge in [-0.2, -0.15) is 4.31 Å². The molecule has 0 aliphatic carbocycles. The summed E-state index contributed by atoms with van der Waals surface area (Å²) in [7, 11) is -16.7. The molecular weight excluding hydrogens is 743 g/mol. The molecule has 50 heavy (non-hydrogen) atoms. The number of nitrogens with two attached hydrogens (primary N) is 2. The molecule has 25 nitrogen and oxygen atoms in total. The van der Waals surface area contributed by atoms with Crippen LogP contribution in [-0.2, 0) is 50.6 Å². The molecule has 5 rings (SSSR count). The minimum absolute atomic E-state index is 0.0229. The number of carbonyl (C=O) groups is 2. The van der Waals surface area contributed by atoms with Gasteiger partial charge in [0.2, 0.25) is 5.91 Å². The molecule has 1 amide bonds. The van der Waals surface area contributed by atoms with Crippen LogP contribution in [0.25, 0.3) is 11.2 Å². The van der Waals surface area contributed by atoms with Crippen molar-refractivity contribution in [3.8, 4) is 0 Å². The molecule has 11 N–H and O–H groups in total. The lowest BCUT2D eigenvalue weighted by molar-refractivity contribution is -0.150. The largest absolute Gasteiger partial charge is 0.481 e. The fraction of sp³-hybridized carbons (Fsp3) is 0.500. The SMILES string of the molecule is NC(=O)C1=CN([C@@H]2O[C@H](COP(=O)(O)OP(=O)(O)OC[C@@]3(C=O)O[C@@H](n4cnc5c(N)ncnc54)[C@H](OP(=O)(O)O)[C@H]3O)[C@@H](O)[C@H]2O)C=CC1. The van der Waals surface area contributed by atoms with E-state index in [1.54, 1.807) is 0 Å². The average molecular weight is 773 g/mol. The summed E-state index contributed by atoms with van der Waals surface area (Å²) in [5.74, 6) is -0.880. The van der Waals surface area contributed by atoms with Crippen molar-refractivity contribution in [1.82, 2.24) is 24.4 Å². The lowest BCUT2D eigenvalue weighted by atomic mass is 9.98. The van der Waals surface area contributed by atoms with Crippen LogP contribution in [0, 0.1) is 0 Å². The third-order valence-electron chi connectivity index (χ3n) is 7.48. The van der Waals surface area contributed by atoms with Crippen LogP contribution in [0.2, 0.25) is 0 Å². The van der Waals surface area contributed by atoms with E-state index in [2.05, 4.69) is 32.8 Å². The van der Waals surface area contributed by atoms with Crippen molar-refractivity contribution < 1.29 is 85.5 Å². The summed E-state index contributed by atoms with van der Waals surface area (Å²) in [5.41, 5.74) is 8.28. The number of carbonyl (C=O) groups excluding carboxylic acids is 2. The van der Waals surface area contributed by atoms with Gasteiger partial charge in [0, 0.05) is 18.0 Å². The summed E-state index contributed by atoms with van der Waals surface area (Å²) in [4.78, 5) is 75.9. The molecule has 2 unspecified atom stereocenters. The molecule has 0 spiro atoms. The Morgan fingerprint density at radius 1 is 1.06 bits per heavy atom. The highest BCUT2D eigenvalue weighted by Crippen LogP contribution is 2.61. The number of allylic oxidation sites excluding steroid dienone is 1. The van der Waals surface area contributed by atoms with Gasteiger partial charge in [0.25, 0.3) is 0 Å². The zero-order valence-corrected chi connectivity index (χ0v) is 27.7. The topological polar surface area (TPSA) is 381 Å². The van der Waals surface area contributed by atoms with Gasteiger partial charge >= 0.3 is 23.5 Å². The number of nitrogen functional groups attached to an aromatic ring is 1. The molecule has 0 saturated carbocycles. The molecule has 0 radical (unpaired) electrons. The van der Waals surface area contributed by atoms with Crippen LogP contribution in [0.4, 0.5) is 5.82 Å². The number of aldehydes is 1. The Hall–Kier alpha value is -3.06. The second kappa shape index (κ2) is 14.2. The van der Waals surface area contributed by atoms with E-state index in [0.29, 0.717) is 0 Å². The Morgan fingerprint density at radius 2 is 1.76 bits per heavy atom. The third kappa shape index (κ3) is 8.03. The van der Waals surface area contributed by atoms with Crippen molar-refractivity contribution in [2.75, 3.05) is 18.9 Å². The molecule has 5 heterocycles. The molecule has 3 aliphatic rings. The predicted molar refractivity (Wildman–Crippen MR) is 158 cm³/mol. The van der Waals surface area contributed by atoms with Crippen LogP contribution >= 0.6 is 23.5 Å². The van der Waals surface area contributed by atoms with Crippen molar-refractivity contribution in [2.45, 2.75) is 55.0 Å². The van der Waals surface area contributed by atoms with Crippen molar-refractivity contribution in [3.63, 3.8) is 0 Å². The lowest BCUT2D eigenvalue weighted by Crippen LogP contribution is -2.48. The summed E-state index contributed by atoms with van der Waals surface area (Å²) in [6.07, 6.45) is -6.29. The maximum Gasteiger partial charge on any atom is 0.481 e. The number of phosphoric ester groups is 3. The monoisotopic (exact) mass is 773 g/mol. The number of aliphatic hydroxyl groups is 3. The van der Waals surface area contributed by atoms with Gasteiger partial charge in [0.05, 0.1) is 19.5 Å². The number of primary amides is 1. The van der Waals surface area contributed by atoms with Crippen molar-refractivity contribution in [1.29, 1.82) is 0 Å². The second-order valence-corrected chi connectivity index (χ2v) is 15.1. The van der Waals surface area contributed by atoms with Crippen molar-refractivity contribution in [2.24, 2.45) is 5.73 Å². The van der Waals surface area contributed by atoms with Crippen LogP contribution < -0.4 is 11.5 Å². The van der Waals surface area contributed by atoms with Gasteiger partial charge in [-0.15, -0.1) is 0 Å². The van der Waals surface area contributed by atoms with Gasteiger partial charge < -0.3 is 60.7 Å². The Bertz CT molecular complexity index is 1840. The first-order valence-corrected chi connectivity index (χ1v) is 18.4. The van der Waals surface area contributed by atoms with E-state index in [1.165, 1.54) is 23.4 Å². The summed E-state index contributed by atoms with van der Waals surface area (Å²) in [6, 6.07) is 0. The summed E-state index contributed by atoms with van der Waals surface area (Å²) < 4.78 is 67.2. The molecule has 0 bridgehead atoms. The highest BCUT2D eigenvalue weighted by Gasteiger charge is 2.59. The number of aliphatic hydroxyl groups excluding tert-OH is 3. The highest BCUT2D eigenvalue weighted by atomic mass is 31.3. The third-order valence-corrected chi connectivity index (χ3v) is 10.6. The van der Waals surface area contributed by atoms with E-state index in [4.69, 9.17) is 20.9 Å². The number of nitrogens with zero attached hydrogens (tertiary/aromatic N) is 5. The molecule has 28 heteroatoms. The van der Waals surface area contributed by atoms with Gasteiger partial charge in [-0.1, -0.05) is 6.08 Å². The number of anilines is 1. The van der Waals surface area contributed by atoms with Gasteiger partial charge in [0.1, 0.15) is 42.4 Å². The molecule has 2 aromatic rings. The Labute approximate surface area is 279 Å². The second-order valence-electron chi connectivity index (χ2n) is 10.9. The number of ether oxygens (including phenoxy) is 2. The summed E-state index contributed by atoms with van der Waals surface area (Å²) >= 11 is 0. The van der Waals surface area contributed by atoms with Gasteiger partial charge in [-0.25, -0.2) is 28.6 Å². The van der Waals surface area contributed by atoms with E-state index in [1.807, 2.05) is 0 Å². The fourth-order valence-corrected chi connectivity index (χ4v) is 7.78. The molecular formula is C22H30N7O18P3. The van der Waals surface area contributed by atoms with Crippen LogP contribution in [-0.4, -0.2) is 127 Å². The normalized spacial score (nSPS) is 32.5. The van der Waals surface area contributed by atoms with E-state index < -0.39 is 91.2 Å². The smallest absolute Gasteiger partial charge is 0.387 e. The van der Waals surface area contributed by atoms with Gasteiger partial charge in [0.15, 0.2) is 35.8 Å². The number of fused-ring (bicyclic) bond motifs is 1. The van der Waals surface area contributed by atoms with Crippen molar-refractivity contribution >= 4 is 52.6 Å². The minimum atomic E-state index is -5.73. The standard InChI is InChI=1S/C22H30N7O18P3/c23-17-12-19(26-8-25-17)29(9-27-12)21-15(46-48(35,36)37)16(33)22(6-30,45-21)7-43-50(40,41)47-49(38,39)42-5-11-13(31)14(32)20(44-11)28-3-1-2-10(4-28)18(24)34/h1,3-4,6,8-9,11,13-16,20-21,31-33H,2,5,7H2,(H2,24,34)(H,38,39)(H,40,41)(H2,23,25,26)(H2,35,36,37)/t11-,13-,14-,15-,16-,20-,21-,22-/m1/s1. The Morgan fingerprint density at radius 3 is 2.42 bits per heavy atom. The number of aromatic nitrogens is 4. The van der Waals surface area contributed by atoms with E-state index in [0.717, 1.165) is 17.2 Å². The first-order valence-electron chi connectivity index (χ1n) is 13.9. The van der Waals surface area contributed by atoms with Crippen LogP contribution in [0.5, 0.6) is 0 Å². The maximum atomic E-state index is 12.7. The molecule has 10 atom stereocenters. The first-order chi connectivity index (χ1) is 23.3. The summed E-state index contributed by atoms with van der Waals surface area (Å²) in [6.45, 7) is -2.46. The highest BCUT2D eigenvalue weighted by molar-refractivity contribution is 7.61. The number of hydrogen-bond acceptors (Lipinski definition) is 19. The molecule has 2 aromatic heterocycles. The molecule has 0 aromatic carbocycles. The fourth-order valence-electron chi connectivity index (χ4n) is 5.13. The van der Waals surface area contributed by atoms with Crippen molar-refractivity contribution in [3.05, 3.63) is 36.7 Å². The minimum Gasteiger partial charge on any atom is -0.387 e. The maximum absolute atomic E-state index is 12.7. The van der Waals surface area contributed by atoms with Crippen LogP contribution in [0.1, 0.15) is 12.6 Å². The van der Waals surface area contributed by atoms with E-state index >= 15 is 0 Å². The zero-order chi connectivity index (χ0) is 36.8. The van der Waals surface area contributed by atoms with E-state index in [-0.39, 0.29) is 35.3 Å². The van der Waals surface area contributed by atoms with Crippen LogP contribution in [0.15, 0.2) is 36.7 Å². The van der Waals surface area contributed by atoms with Crippen LogP contribution in [0.3, 0.4) is 0 Å². The molecule has 3 aliphatic heterocycles. The molecule has 2 saturated heterocycles. The predicted octanol–water partition coefficient (Wildman–Crippen LogP) is -3.00. The quantitative estimate of drug-likeness (QED) is 0.0682. The zero-order valence-electron chi connectivity index (χ0n) is 25.0. The van der Waals surface area contributed by atoms with Gasteiger partial charge in [-0.3, -0.25) is 27.7 Å². The number of rotatable bonds is 14. The molecule has 276 valence electrons. The average Bonchev–Trinajstić information content (AvgIpc) is 3.67. The number of phosphoric acid groups is 3. The lowest BCUT2D eigenvalue weighted by Gasteiger charge is -2.28. The number of hydrogen-bond donors (Lipinski definition) is 9. The Kier molecular flexibility index (Phi) is 10.8. The molecule has 2 fully saturated rings. The van der Waals surface area contributed by atoms with Gasteiger partial charge in [-0.05, 0) is 6.42 Å². The number of amides is 1. The number of imidazole rings is 1. The first kappa shape index (κ1) is 38.2. The van der Waals surface area contributed by atoms with E-state index in [9.17, 15) is 58.2 Å². The summed E-state index contributed by atoms with van der Waals surface area (Å²) in [5, 5.41) is 31.8. The Balaban J connectivity index is 1.26.